The number of aliphatic hydroxyl groups excluding tert-OH is 1. The van der Waals surface area contributed by atoms with Crippen molar-refractivity contribution < 1.29 is 10.0 Å². The normalized spacial score (nSPS) is 11.9. The molecule has 0 heterocycles. The van der Waals surface area contributed by atoms with E-state index in [0.29, 0.717) is 5.56 Å². The lowest BCUT2D eigenvalue weighted by Crippen LogP contribution is -2.09. The molecular weight excluding hydrogens is 256 g/mol. The predicted molar refractivity (Wildman–Crippen MR) is 77.5 cm³/mol. The van der Waals surface area contributed by atoms with Crippen LogP contribution in [0.25, 0.3) is 0 Å². The van der Waals surface area contributed by atoms with Crippen molar-refractivity contribution in [2.75, 3.05) is 5.32 Å². The Labute approximate surface area is 117 Å². The number of nitrogens with zero attached hydrogens (tertiary/aromatic N) is 1. The molecule has 0 aromatic heterocycles. The smallest absolute Gasteiger partial charge is 0.274 e. The number of rotatable bonds is 5. The lowest BCUT2D eigenvalue weighted by atomic mass is 10.1. The molecule has 0 aliphatic rings. The number of anilines is 1. The van der Waals surface area contributed by atoms with Crippen molar-refractivity contribution in [2.45, 2.75) is 19.6 Å². The maximum atomic E-state index is 11.0. The zero-order chi connectivity index (χ0) is 14.5. The van der Waals surface area contributed by atoms with Gasteiger partial charge in [-0.05, 0) is 24.6 Å². The molecule has 104 valence electrons. The largest absolute Gasteiger partial charge is 0.392 e. The molecule has 1 unspecified atom stereocenters. The summed E-state index contributed by atoms with van der Waals surface area (Å²) in [4.78, 5) is 10.6. The van der Waals surface area contributed by atoms with Crippen LogP contribution in [0.3, 0.4) is 0 Å². The summed E-state index contributed by atoms with van der Waals surface area (Å²) in [5.74, 6) is 0. The number of hydrogen-bond acceptors (Lipinski definition) is 4. The minimum absolute atomic E-state index is 0.0324. The van der Waals surface area contributed by atoms with Crippen LogP contribution in [0.15, 0.2) is 48.5 Å². The summed E-state index contributed by atoms with van der Waals surface area (Å²) in [5, 5.41) is 23.3. The maximum absolute atomic E-state index is 11.0. The number of nitro benzene ring substituents is 1. The molecule has 0 fully saturated rings. The summed E-state index contributed by atoms with van der Waals surface area (Å²) in [7, 11) is 0. The van der Waals surface area contributed by atoms with Crippen LogP contribution < -0.4 is 5.32 Å². The fourth-order valence-electron chi connectivity index (χ4n) is 2.11. The Bertz CT molecular complexity index is 614. The van der Waals surface area contributed by atoms with Crippen molar-refractivity contribution >= 4 is 11.4 Å². The molecule has 2 rings (SSSR count). The molecular formula is C15H16N2O3. The Morgan fingerprint density at radius 3 is 2.70 bits per heavy atom. The van der Waals surface area contributed by atoms with Crippen molar-refractivity contribution in [1.82, 2.24) is 0 Å². The molecule has 0 saturated heterocycles. The Morgan fingerprint density at radius 1 is 1.25 bits per heavy atom. The molecule has 5 nitrogen and oxygen atoms in total. The lowest BCUT2D eigenvalue weighted by Gasteiger charge is -2.16. The number of para-hydroxylation sites is 1. The van der Waals surface area contributed by atoms with Crippen LogP contribution in [-0.2, 0) is 6.61 Å². The van der Waals surface area contributed by atoms with Gasteiger partial charge in [0.25, 0.3) is 5.69 Å². The number of nitro groups is 1. The van der Waals surface area contributed by atoms with Gasteiger partial charge in [-0.1, -0.05) is 30.3 Å². The number of aliphatic hydroxyl groups is 1. The number of nitrogens with one attached hydrogen (secondary N) is 1. The van der Waals surface area contributed by atoms with E-state index in [2.05, 4.69) is 5.32 Å². The summed E-state index contributed by atoms with van der Waals surface area (Å²) >= 11 is 0. The van der Waals surface area contributed by atoms with Gasteiger partial charge in [-0.15, -0.1) is 0 Å². The van der Waals surface area contributed by atoms with Crippen LogP contribution in [0.4, 0.5) is 11.4 Å². The molecule has 0 bridgehead atoms. The standard InChI is InChI=1S/C15H16N2O3/c1-11(14-7-2-3-8-15(14)17(19)20)16-13-6-4-5-12(9-13)10-18/h2-9,11,16,18H,10H2,1H3. The van der Waals surface area contributed by atoms with Crippen LogP contribution in [0.1, 0.15) is 24.1 Å². The van der Waals surface area contributed by atoms with Crippen molar-refractivity contribution in [3.8, 4) is 0 Å². The molecule has 0 saturated carbocycles. The third-order valence-corrected chi connectivity index (χ3v) is 3.09. The minimum Gasteiger partial charge on any atom is -0.392 e. The lowest BCUT2D eigenvalue weighted by molar-refractivity contribution is -0.385. The molecule has 20 heavy (non-hydrogen) atoms. The quantitative estimate of drug-likeness (QED) is 0.647. The first kappa shape index (κ1) is 14.0. The average Bonchev–Trinajstić information content (AvgIpc) is 2.47. The van der Waals surface area contributed by atoms with Crippen molar-refractivity contribution in [1.29, 1.82) is 0 Å². The summed E-state index contributed by atoms with van der Waals surface area (Å²) in [6, 6.07) is 13.8. The van der Waals surface area contributed by atoms with Crippen molar-refractivity contribution in [2.24, 2.45) is 0 Å². The van der Waals surface area contributed by atoms with Gasteiger partial charge in [-0.25, -0.2) is 0 Å². The van der Waals surface area contributed by atoms with Crippen LogP contribution in [0.2, 0.25) is 0 Å². The van der Waals surface area contributed by atoms with Crippen molar-refractivity contribution in [3.05, 3.63) is 69.8 Å². The SMILES string of the molecule is CC(Nc1cccc(CO)c1)c1ccccc1[N+](=O)[O-]. The Morgan fingerprint density at radius 2 is 2.00 bits per heavy atom. The van der Waals surface area contributed by atoms with Gasteiger partial charge in [-0.3, -0.25) is 10.1 Å². The Kier molecular flexibility index (Phi) is 4.32. The van der Waals surface area contributed by atoms with Crippen LogP contribution in [0, 0.1) is 10.1 Å². The highest BCUT2D eigenvalue weighted by molar-refractivity contribution is 5.50. The second-order valence-electron chi connectivity index (χ2n) is 4.54. The monoisotopic (exact) mass is 272 g/mol. The summed E-state index contributed by atoms with van der Waals surface area (Å²) in [6.07, 6.45) is 0. The summed E-state index contributed by atoms with van der Waals surface area (Å²) < 4.78 is 0. The second kappa shape index (κ2) is 6.16. The fraction of sp³-hybridized carbons (Fsp3) is 0.200. The van der Waals surface area contributed by atoms with Gasteiger partial charge in [-0.2, -0.15) is 0 Å². The van der Waals surface area contributed by atoms with E-state index in [0.717, 1.165) is 11.3 Å². The number of hydrogen-bond donors (Lipinski definition) is 2. The molecule has 0 amide bonds. The van der Waals surface area contributed by atoms with E-state index >= 15 is 0 Å². The molecule has 0 aliphatic heterocycles. The van der Waals surface area contributed by atoms with Crippen LogP contribution >= 0.6 is 0 Å². The minimum atomic E-state index is -0.377. The van der Waals surface area contributed by atoms with E-state index in [1.54, 1.807) is 18.2 Å². The van der Waals surface area contributed by atoms with Gasteiger partial charge in [0, 0.05) is 11.8 Å². The zero-order valence-corrected chi connectivity index (χ0v) is 11.1. The van der Waals surface area contributed by atoms with Gasteiger partial charge in [0.15, 0.2) is 0 Å². The van der Waals surface area contributed by atoms with Gasteiger partial charge in [0.2, 0.25) is 0 Å². The van der Waals surface area contributed by atoms with E-state index in [1.807, 2.05) is 31.2 Å². The van der Waals surface area contributed by atoms with Crippen LogP contribution in [-0.4, -0.2) is 10.0 Å². The number of benzene rings is 2. The Balaban J connectivity index is 2.23. The first-order valence-electron chi connectivity index (χ1n) is 6.31. The summed E-state index contributed by atoms with van der Waals surface area (Å²) in [5.41, 5.74) is 2.35. The van der Waals surface area contributed by atoms with Crippen molar-refractivity contribution in [3.63, 3.8) is 0 Å². The molecule has 5 heteroatoms. The highest BCUT2D eigenvalue weighted by Gasteiger charge is 2.17. The van der Waals surface area contributed by atoms with E-state index in [-0.39, 0.29) is 23.3 Å². The zero-order valence-electron chi connectivity index (χ0n) is 11.1. The van der Waals surface area contributed by atoms with Gasteiger partial charge >= 0.3 is 0 Å². The van der Waals surface area contributed by atoms with Gasteiger partial charge in [0.1, 0.15) is 0 Å². The summed E-state index contributed by atoms with van der Waals surface area (Å²) in [6.45, 7) is 1.84. The Hall–Kier alpha value is -2.40. The van der Waals surface area contributed by atoms with Crippen LogP contribution in [0.5, 0.6) is 0 Å². The molecule has 2 N–H and O–H groups in total. The second-order valence-corrected chi connectivity index (χ2v) is 4.54. The topological polar surface area (TPSA) is 75.4 Å². The molecule has 1 atom stereocenters. The van der Waals surface area contributed by atoms with Gasteiger partial charge < -0.3 is 10.4 Å². The third-order valence-electron chi connectivity index (χ3n) is 3.09. The highest BCUT2D eigenvalue weighted by Crippen LogP contribution is 2.27. The molecule has 0 aliphatic carbocycles. The fourth-order valence-corrected chi connectivity index (χ4v) is 2.11. The van der Waals surface area contributed by atoms with E-state index in [1.165, 1.54) is 6.07 Å². The molecule has 0 radical (unpaired) electrons. The predicted octanol–water partition coefficient (Wildman–Crippen LogP) is 3.26. The maximum Gasteiger partial charge on any atom is 0.274 e. The first-order valence-corrected chi connectivity index (χ1v) is 6.31. The van der Waals surface area contributed by atoms with E-state index in [4.69, 9.17) is 5.11 Å². The van der Waals surface area contributed by atoms with E-state index < -0.39 is 0 Å². The average molecular weight is 272 g/mol. The molecule has 0 spiro atoms. The van der Waals surface area contributed by atoms with Gasteiger partial charge in [0.05, 0.1) is 23.1 Å². The van der Waals surface area contributed by atoms with E-state index in [9.17, 15) is 10.1 Å². The first-order chi connectivity index (χ1) is 9.61. The highest BCUT2D eigenvalue weighted by atomic mass is 16.6. The molecule has 2 aromatic carbocycles. The third kappa shape index (κ3) is 3.13. The molecule has 2 aromatic rings.